The largest absolute Gasteiger partial charge is 0.366 e. The highest BCUT2D eigenvalue weighted by molar-refractivity contribution is 5.74. The van der Waals surface area contributed by atoms with E-state index in [-0.39, 0.29) is 17.5 Å². The summed E-state index contributed by atoms with van der Waals surface area (Å²) in [5, 5.41) is 8.94. The van der Waals surface area contributed by atoms with Crippen molar-refractivity contribution >= 4 is 11.6 Å². The van der Waals surface area contributed by atoms with Crippen molar-refractivity contribution in [2.75, 3.05) is 5.73 Å². The Bertz CT molecular complexity index is 1390. The Labute approximate surface area is 178 Å². The quantitative estimate of drug-likeness (QED) is 0.460. The molecule has 1 aromatic carbocycles. The summed E-state index contributed by atoms with van der Waals surface area (Å²) >= 11 is 0. The van der Waals surface area contributed by atoms with Crippen molar-refractivity contribution in [1.82, 2.24) is 29.4 Å². The number of fused-ring (bicyclic) bond motifs is 1. The average Bonchev–Trinajstić information content (AvgIpc) is 3.41. The van der Waals surface area contributed by atoms with Crippen molar-refractivity contribution < 1.29 is 0 Å². The van der Waals surface area contributed by atoms with Gasteiger partial charge in [0.2, 0.25) is 11.5 Å². The molecular weight excluding hydrogens is 390 g/mol. The summed E-state index contributed by atoms with van der Waals surface area (Å²) in [6.07, 6.45) is 6.48. The summed E-state index contributed by atoms with van der Waals surface area (Å²) < 4.78 is 3.67. The fraction of sp³-hybridized carbons (Fsp3) is 0.130. The number of nitrogens with zero attached hydrogens (tertiary/aromatic N) is 5. The van der Waals surface area contributed by atoms with Crippen molar-refractivity contribution in [3.63, 3.8) is 0 Å². The molecule has 0 bridgehead atoms. The molecule has 1 unspecified atom stereocenters. The Hall–Kier alpha value is -4.20. The number of nitrogens with one attached hydrogen (secondary N) is 1. The first kappa shape index (κ1) is 18.8. The van der Waals surface area contributed by atoms with Gasteiger partial charge in [0.1, 0.15) is 0 Å². The van der Waals surface area contributed by atoms with Crippen LogP contribution < -0.4 is 11.3 Å². The molecule has 0 saturated carbocycles. The predicted molar refractivity (Wildman–Crippen MR) is 120 cm³/mol. The third-order valence-corrected chi connectivity index (χ3v) is 5.36. The van der Waals surface area contributed by atoms with Crippen LogP contribution in [0.5, 0.6) is 0 Å². The van der Waals surface area contributed by atoms with Gasteiger partial charge in [-0.05, 0) is 35.7 Å². The third kappa shape index (κ3) is 3.48. The Kier molecular flexibility index (Phi) is 4.59. The van der Waals surface area contributed by atoms with E-state index in [0.717, 1.165) is 28.8 Å². The molecule has 31 heavy (non-hydrogen) atoms. The Morgan fingerprint density at radius 3 is 2.65 bits per heavy atom. The molecule has 4 aromatic heterocycles. The van der Waals surface area contributed by atoms with Crippen LogP contribution in [-0.2, 0) is 0 Å². The van der Waals surface area contributed by atoms with Crippen LogP contribution in [0.4, 0.5) is 5.95 Å². The molecular formula is C23H21N7O. The van der Waals surface area contributed by atoms with Gasteiger partial charge < -0.3 is 10.7 Å². The highest BCUT2D eigenvalue weighted by Crippen LogP contribution is 2.29. The summed E-state index contributed by atoms with van der Waals surface area (Å²) in [5.74, 6) is 0.189. The highest BCUT2D eigenvalue weighted by Gasteiger charge is 2.16. The molecule has 1 atom stereocenters. The molecule has 0 amide bonds. The van der Waals surface area contributed by atoms with Crippen LogP contribution in [0.15, 0.2) is 78.0 Å². The minimum atomic E-state index is -0.165. The minimum absolute atomic E-state index is 0.154. The molecule has 3 N–H and O–H groups in total. The Balaban J connectivity index is 1.61. The van der Waals surface area contributed by atoms with Gasteiger partial charge in [-0.1, -0.05) is 37.3 Å². The molecule has 8 nitrogen and oxygen atoms in total. The van der Waals surface area contributed by atoms with E-state index in [4.69, 9.17) is 5.73 Å². The number of rotatable bonds is 5. The van der Waals surface area contributed by atoms with E-state index < -0.39 is 0 Å². The van der Waals surface area contributed by atoms with Crippen LogP contribution in [0.25, 0.3) is 28.0 Å². The number of hydrogen-bond acceptors (Lipinski definition) is 5. The second kappa shape index (κ2) is 7.56. The van der Waals surface area contributed by atoms with Gasteiger partial charge in [0.15, 0.2) is 5.65 Å². The van der Waals surface area contributed by atoms with E-state index in [2.05, 4.69) is 39.2 Å². The van der Waals surface area contributed by atoms with E-state index in [9.17, 15) is 4.79 Å². The normalized spacial score (nSPS) is 12.3. The lowest BCUT2D eigenvalue weighted by atomic mass is 10.0. The first-order chi connectivity index (χ1) is 15.1. The summed E-state index contributed by atoms with van der Waals surface area (Å²) in [5.41, 5.74) is 11.0. The van der Waals surface area contributed by atoms with Crippen molar-refractivity contribution in [3.05, 3.63) is 89.1 Å². The van der Waals surface area contributed by atoms with Crippen molar-refractivity contribution in [1.29, 1.82) is 0 Å². The van der Waals surface area contributed by atoms with E-state index in [0.29, 0.717) is 5.65 Å². The number of nitrogen functional groups attached to an aromatic ring is 1. The lowest BCUT2D eigenvalue weighted by Crippen LogP contribution is -2.09. The first-order valence-corrected chi connectivity index (χ1v) is 10.1. The number of pyridine rings is 2. The topological polar surface area (TPSA) is 107 Å². The molecule has 0 fully saturated rings. The molecule has 0 aliphatic rings. The minimum Gasteiger partial charge on any atom is -0.366 e. The van der Waals surface area contributed by atoms with Crippen LogP contribution in [0.1, 0.15) is 24.9 Å². The van der Waals surface area contributed by atoms with Crippen LogP contribution in [0, 0.1) is 0 Å². The molecule has 5 rings (SSSR count). The van der Waals surface area contributed by atoms with Crippen LogP contribution in [0.3, 0.4) is 0 Å². The number of hydrogen-bond donors (Lipinski definition) is 2. The van der Waals surface area contributed by atoms with Gasteiger partial charge >= 0.3 is 0 Å². The van der Waals surface area contributed by atoms with E-state index in [1.165, 1.54) is 11.6 Å². The first-order valence-electron chi connectivity index (χ1n) is 10.1. The summed E-state index contributed by atoms with van der Waals surface area (Å²) in [6, 6.07) is 17.7. The maximum atomic E-state index is 11.5. The number of aromatic amines is 1. The maximum absolute atomic E-state index is 11.5. The van der Waals surface area contributed by atoms with E-state index in [1.807, 2.05) is 47.4 Å². The molecule has 0 aliphatic heterocycles. The SMILES string of the molecule is CCC(c1ccccc1)n1cc(-c2cc(-c3ccc(=O)[nH]c3)n3nc(N)nc3c2)cn1. The van der Waals surface area contributed by atoms with E-state index in [1.54, 1.807) is 16.8 Å². The number of benzene rings is 1. The average molecular weight is 411 g/mol. The van der Waals surface area contributed by atoms with Crippen LogP contribution >= 0.6 is 0 Å². The lowest BCUT2D eigenvalue weighted by molar-refractivity contribution is 0.509. The van der Waals surface area contributed by atoms with Gasteiger partial charge in [0.25, 0.3) is 0 Å². The number of aromatic nitrogens is 6. The molecule has 0 spiro atoms. The molecule has 154 valence electrons. The molecule has 4 heterocycles. The fourth-order valence-corrected chi connectivity index (χ4v) is 3.85. The molecule has 0 saturated heterocycles. The second-order valence-electron chi connectivity index (χ2n) is 7.35. The van der Waals surface area contributed by atoms with Gasteiger partial charge in [-0.2, -0.15) is 10.1 Å². The zero-order valence-corrected chi connectivity index (χ0v) is 16.9. The number of nitrogens with two attached hydrogens (primary N) is 1. The van der Waals surface area contributed by atoms with Gasteiger partial charge in [0.05, 0.1) is 17.9 Å². The van der Waals surface area contributed by atoms with Gasteiger partial charge in [-0.3, -0.25) is 9.48 Å². The Morgan fingerprint density at radius 1 is 1.06 bits per heavy atom. The summed E-state index contributed by atoms with van der Waals surface area (Å²) in [7, 11) is 0. The lowest BCUT2D eigenvalue weighted by Gasteiger charge is -2.15. The predicted octanol–water partition coefficient (Wildman–Crippen LogP) is 3.53. The standard InChI is InChI=1S/C23H21N7O/c1-2-19(15-6-4-3-5-7-15)29-14-18(13-26-29)17-10-20(16-8-9-22(31)25-12-16)30-21(11-17)27-23(24)28-30/h3-14,19H,2H2,1H3,(H2,24,28)(H,25,31). The van der Waals surface area contributed by atoms with Crippen LogP contribution in [0.2, 0.25) is 0 Å². The monoisotopic (exact) mass is 411 g/mol. The van der Waals surface area contributed by atoms with Gasteiger partial charge in [0, 0.05) is 29.6 Å². The van der Waals surface area contributed by atoms with Crippen molar-refractivity contribution in [2.24, 2.45) is 0 Å². The van der Waals surface area contributed by atoms with Crippen molar-refractivity contribution in [3.8, 4) is 22.4 Å². The zero-order valence-electron chi connectivity index (χ0n) is 16.9. The number of anilines is 1. The van der Waals surface area contributed by atoms with Gasteiger partial charge in [-0.15, -0.1) is 5.10 Å². The second-order valence-corrected chi connectivity index (χ2v) is 7.35. The molecule has 5 aromatic rings. The zero-order chi connectivity index (χ0) is 21.4. The molecule has 0 aliphatic carbocycles. The van der Waals surface area contributed by atoms with Crippen molar-refractivity contribution in [2.45, 2.75) is 19.4 Å². The molecule has 8 heteroatoms. The Morgan fingerprint density at radius 2 is 1.90 bits per heavy atom. The van der Waals surface area contributed by atoms with E-state index >= 15 is 0 Å². The number of H-pyrrole nitrogens is 1. The third-order valence-electron chi connectivity index (χ3n) is 5.36. The smallest absolute Gasteiger partial charge is 0.247 e. The van der Waals surface area contributed by atoms with Gasteiger partial charge in [-0.25, -0.2) is 4.52 Å². The summed E-state index contributed by atoms with van der Waals surface area (Å²) in [6.45, 7) is 2.15. The highest BCUT2D eigenvalue weighted by atomic mass is 16.1. The molecule has 0 radical (unpaired) electrons. The van der Waals surface area contributed by atoms with Crippen LogP contribution in [-0.4, -0.2) is 29.4 Å². The summed E-state index contributed by atoms with van der Waals surface area (Å²) in [4.78, 5) is 18.5. The fourth-order valence-electron chi connectivity index (χ4n) is 3.85. The maximum Gasteiger partial charge on any atom is 0.247 e.